The number of hydrogen-bond acceptors (Lipinski definition) is 2. The van der Waals surface area contributed by atoms with Gasteiger partial charge in [0.15, 0.2) is 0 Å². The normalized spacial score (nSPS) is 24.6. The molecule has 134 valence electrons. The molecular weight excluding hydrogens is 398 g/mol. The number of aliphatic imine (C=N–C) groups is 1. The molecule has 3 rings (SSSR count). The quantitative estimate of drug-likeness (QED) is 0.525. The molecular formula is C19H20Cl4N2. The largest absolute Gasteiger partial charge is 0.298 e. The monoisotopic (exact) mass is 416 g/mol. The van der Waals surface area contributed by atoms with E-state index < -0.39 is 0 Å². The lowest BCUT2D eigenvalue weighted by molar-refractivity contribution is 0.234. The van der Waals surface area contributed by atoms with Crippen molar-refractivity contribution in [3.63, 3.8) is 0 Å². The Bertz CT molecular complexity index is 691. The van der Waals surface area contributed by atoms with Crippen molar-refractivity contribution < 1.29 is 0 Å². The number of hydrogen-bond donors (Lipinski definition) is 0. The van der Waals surface area contributed by atoms with Gasteiger partial charge in [-0.25, -0.2) is 0 Å². The van der Waals surface area contributed by atoms with Gasteiger partial charge >= 0.3 is 0 Å². The van der Waals surface area contributed by atoms with Gasteiger partial charge in [0.1, 0.15) is 0 Å². The molecule has 1 aromatic rings. The molecule has 2 nitrogen and oxygen atoms in total. The second-order valence-electron chi connectivity index (χ2n) is 6.59. The lowest BCUT2D eigenvalue weighted by Crippen LogP contribution is -2.35. The Balaban J connectivity index is 1.57. The maximum atomic E-state index is 6.18. The molecule has 0 aromatic heterocycles. The first-order chi connectivity index (χ1) is 12.0. The highest BCUT2D eigenvalue weighted by molar-refractivity contribution is 6.35. The van der Waals surface area contributed by atoms with Crippen molar-refractivity contribution in [2.24, 2.45) is 10.9 Å². The van der Waals surface area contributed by atoms with Crippen LogP contribution in [-0.4, -0.2) is 36.8 Å². The second-order valence-corrected chi connectivity index (χ2v) is 8.39. The van der Waals surface area contributed by atoms with E-state index in [0.717, 1.165) is 41.7 Å². The number of likely N-dealkylation sites (tertiary alicyclic amines) is 1. The first kappa shape index (κ1) is 19.3. The van der Waals surface area contributed by atoms with Gasteiger partial charge in [-0.3, -0.25) is 9.89 Å². The Morgan fingerprint density at radius 2 is 1.88 bits per heavy atom. The summed E-state index contributed by atoms with van der Waals surface area (Å²) >= 11 is 24.4. The van der Waals surface area contributed by atoms with Gasteiger partial charge < -0.3 is 0 Å². The molecule has 6 heteroatoms. The lowest BCUT2D eigenvalue weighted by Gasteiger charge is -2.28. The van der Waals surface area contributed by atoms with E-state index in [0.29, 0.717) is 22.0 Å². The molecule has 0 amide bonds. The zero-order chi connectivity index (χ0) is 17.8. The zero-order valence-electron chi connectivity index (χ0n) is 13.8. The summed E-state index contributed by atoms with van der Waals surface area (Å²) in [5.74, 6) is 0.376. The zero-order valence-corrected chi connectivity index (χ0v) is 16.8. The molecule has 0 spiro atoms. The summed E-state index contributed by atoms with van der Waals surface area (Å²) < 4.78 is 0. The molecule has 1 aliphatic carbocycles. The van der Waals surface area contributed by atoms with Gasteiger partial charge in [0.2, 0.25) is 0 Å². The van der Waals surface area contributed by atoms with Gasteiger partial charge in [-0.2, -0.15) is 0 Å². The summed E-state index contributed by atoms with van der Waals surface area (Å²) in [6.07, 6.45) is 9.04. The van der Waals surface area contributed by atoms with Crippen LogP contribution >= 0.6 is 46.4 Å². The Morgan fingerprint density at radius 3 is 2.60 bits per heavy atom. The molecule has 0 N–H and O–H groups in total. The molecule has 1 heterocycles. The van der Waals surface area contributed by atoms with Crippen LogP contribution in [-0.2, 0) is 0 Å². The van der Waals surface area contributed by atoms with E-state index in [1.54, 1.807) is 6.07 Å². The number of benzene rings is 1. The number of nitrogens with zero attached hydrogens (tertiary/aromatic N) is 2. The average Bonchev–Trinajstić information content (AvgIpc) is 2.92. The molecule has 2 atom stereocenters. The van der Waals surface area contributed by atoms with Crippen LogP contribution in [0.5, 0.6) is 0 Å². The van der Waals surface area contributed by atoms with Crippen molar-refractivity contribution in [2.75, 3.05) is 19.6 Å². The van der Waals surface area contributed by atoms with Crippen LogP contribution in [0.15, 0.2) is 45.4 Å². The third-order valence-electron chi connectivity index (χ3n) is 4.56. The molecule has 2 aliphatic rings. The van der Waals surface area contributed by atoms with E-state index >= 15 is 0 Å². The van der Waals surface area contributed by atoms with E-state index in [4.69, 9.17) is 46.4 Å². The highest BCUT2D eigenvalue weighted by atomic mass is 35.5. The summed E-state index contributed by atoms with van der Waals surface area (Å²) in [4.78, 5) is 7.12. The van der Waals surface area contributed by atoms with Crippen LogP contribution in [0.3, 0.4) is 0 Å². The topological polar surface area (TPSA) is 15.6 Å². The van der Waals surface area contributed by atoms with Crippen LogP contribution in [0.1, 0.15) is 24.8 Å². The predicted molar refractivity (Wildman–Crippen MR) is 109 cm³/mol. The van der Waals surface area contributed by atoms with Crippen LogP contribution in [0.2, 0.25) is 10.0 Å². The first-order valence-corrected chi connectivity index (χ1v) is 9.94. The highest BCUT2D eigenvalue weighted by Gasteiger charge is 2.27. The SMILES string of the molecule is ClC1=CC(CN2CCCC2CN=Cc2cc(Cl)cc(Cl)c2)CC(Cl)=C1. The minimum absolute atomic E-state index is 0.376. The van der Waals surface area contributed by atoms with Gasteiger partial charge in [0.25, 0.3) is 0 Å². The molecule has 25 heavy (non-hydrogen) atoms. The van der Waals surface area contributed by atoms with Crippen LogP contribution in [0.4, 0.5) is 0 Å². The number of rotatable bonds is 5. The van der Waals surface area contributed by atoms with Crippen molar-refractivity contribution in [3.05, 3.63) is 56.0 Å². The van der Waals surface area contributed by atoms with Crippen molar-refractivity contribution in [1.82, 2.24) is 4.90 Å². The van der Waals surface area contributed by atoms with Crippen LogP contribution in [0, 0.1) is 5.92 Å². The Kier molecular flexibility index (Phi) is 6.87. The van der Waals surface area contributed by atoms with Crippen molar-refractivity contribution in [1.29, 1.82) is 0 Å². The molecule has 1 saturated heterocycles. The van der Waals surface area contributed by atoms with Gasteiger partial charge in [-0.15, -0.1) is 0 Å². The maximum Gasteiger partial charge on any atom is 0.0545 e. The maximum absolute atomic E-state index is 6.18. The van der Waals surface area contributed by atoms with E-state index in [2.05, 4.69) is 16.0 Å². The van der Waals surface area contributed by atoms with Gasteiger partial charge in [-0.1, -0.05) is 52.5 Å². The lowest BCUT2D eigenvalue weighted by atomic mass is 9.99. The molecule has 1 fully saturated rings. The first-order valence-electron chi connectivity index (χ1n) is 8.43. The molecule has 2 unspecified atom stereocenters. The minimum atomic E-state index is 0.376. The molecule has 0 radical (unpaired) electrons. The minimum Gasteiger partial charge on any atom is -0.298 e. The predicted octanol–water partition coefficient (Wildman–Crippen LogP) is 6.14. The Labute approximate surface area is 169 Å². The third kappa shape index (κ3) is 5.74. The van der Waals surface area contributed by atoms with Crippen molar-refractivity contribution in [2.45, 2.75) is 25.3 Å². The third-order valence-corrected chi connectivity index (χ3v) is 5.49. The highest BCUT2D eigenvalue weighted by Crippen LogP contribution is 2.29. The smallest absolute Gasteiger partial charge is 0.0545 e. The summed E-state index contributed by atoms with van der Waals surface area (Å²) in [5.41, 5.74) is 0.931. The Morgan fingerprint density at radius 1 is 1.12 bits per heavy atom. The standard InChI is InChI=1S/C19H20Cl4N2/c20-15-4-13(5-16(21)8-15)10-24-11-19-2-1-3-25(19)12-14-6-17(22)9-18(23)7-14/h4-6,8-10,14,19H,1-3,7,11-12H2. The summed E-state index contributed by atoms with van der Waals surface area (Å²) in [6, 6.07) is 5.92. The van der Waals surface area contributed by atoms with Gasteiger partial charge in [0.05, 0.1) is 6.54 Å². The molecule has 1 aromatic carbocycles. The van der Waals surface area contributed by atoms with Crippen LogP contribution < -0.4 is 0 Å². The molecule has 0 bridgehead atoms. The van der Waals surface area contributed by atoms with Crippen LogP contribution in [0.25, 0.3) is 0 Å². The fourth-order valence-corrected chi connectivity index (χ4v) is 4.71. The summed E-state index contributed by atoms with van der Waals surface area (Å²) in [6.45, 7) is 2.85. The summed E-state index contributed by atoms with van der Waals surface area (Å²) in [5, 5.41) is 2.83. The fraction of sp³-hybridized carbons (Fsp3) is 0.421. The van der Waals surface area contributed by atoms with E-state index in [1.807, 2.05) is 24.4 Å². The summed E-state index contributed by atoms with van der Waals surface area (Å²) in [7, 11) is 0. The van der Waals surface area contributed by atoms with Gasteiger partial charge in [-0.05, 0) is 61.6 Å². The van der Waals surface area contributed by atoms with Gasteiger partial charge in [0, 0.05) is 38.9 Å². The van der Waals surface area contributed by atoms with E-state index in [9.17, 15) is 0 Å². The second kappa shape index (κ2) is 8.92. The average molecular weight is 418 g/mol. The van der Waals surface area contributed by atoms with E-state index in [1.165, 1.54) is 12.8 Å². The molecule has 0 saturated carbocycles. The molecule has 1 aliphatic heterocycles. The van der Waals surface area contributed by atoms with Crippen molar-refractivity contribution >= 4 is 52.6 Å². The Hall–Kier alpha value is -0.510. The number of halogens is 4. The fourth-order valence-electron chi connectivity index (χ4n) is 3.48. The van der Waals surface area contributed by atoms with E-state index in [-0.39, 0.29) is 0 Å². The number of allylic oxidation sites excluding steroid dienone is 3. The van der Waals surface area contributed by atoms with Crippen molar-refractivity contribution in [3.8, 4) is 0 Å².